The van der Waals surface area contributed by atoms with Gasteiger partial charge in [0.15, 0.2) is 0 Å². The van der Waals surface area contributed by atoms with Gasteiger partial charge in [0, 0.05) is 25.1 Å². The normalized spacial score (nSPS) is 8.90. The van der Waals surface area contributed by atoms with Gasteiger partial charge in [-0.1, -0.05) is 0 Å². The molecule has 0 atom stereocenters. The van der Waals surface area contributed by atoms with Gasteiger partial charge in [0.05, 0.1) is 0 Å². The minimum Gasteiger partial charge on any atom is -0.307 e. The summed E-state index contributed by atoms with van der Waals surface area (Å²) in [5.74, 6) is 0. The molecule has 0 aliphatic rings. The van der Waals surface area contributed by atoms with Crippen molar-refractivity contribution in [3.05, 3.63) is 24.5 Å². The van der Waals surface area contributed by atoms with Crippen LogP contribution in [0.3, 0.4) is 0 Å². The molecule has 0 aromatic carbocycles. The molecule has 0 fully saturated rings. The smallest absolute Gasteiger partial charge is 0.307 e. The first-order chi connectivity index (χ1) is 4.84. The van der Waals surface area contributed by atoms with Gasteiger partial charge in [-0.2, -0.15) is 0 Å². The molecule has 1 aromatic rings. The highest BCUT2D eigenvalue weighted by atomic mass is 16.1. The van der Waals surface area contributed by atoms with Crippen LogP contribution in [0.25, 0.3) is 0 Å². The Hall–Kier alpha value is -1.38. The van der Waals surface area contributed by atoms with Crippen molar-refractivity contribution in [1.82, 2.24) is 4.98 Å². The second-order valence-corrected chi connectivity index (χ2v) is 1.86. The number of amides is 1. The van der Waals surface area contributed by atoms with E-state index in [1.165, 1.54) is 4.90 Å². The van der Waals surface area contributed by atoms with Gasteiger partial charge in [0.25, 0.3) is 0 Å². The maximum atomic E-state index is 10.1. The second-order valence-electron chi connectivity index (χ2n) is 1.86. The van der Waals surface area contributed by atoms with E-state index in [1.807, 2.05) is 0 Å². The molecule has 0 aliphatic carbocycles. The number of anilines is 1. The SMILES string of the molecule is CN([C]=O)c1ccncc1. The van der Waals surface area contributed by atoms with Crippen LogP contribution < -0.4 is 4.90 Å². The molecule has 3 heteroatoms. The van der Waals surface area contributed by atoms with E-state index in [1.54, 1.807) is 38.0 Å². The van der Waals surface area contributed by atoms with Crippen LogP contribution in [-0.4, -0.2) is 18.4 Å². The van der Waals surface area contributed by atoms with Crippen LogP contribution >= 0.6 is 0 Å². The summed E-state index contributed by atoms with van der Waals surface area (Å²) >= 11 is 0. The zero-order chi connectivity index (χ0) is 7.40. The Kier molecular flexibility index (Phi) is 1.99. The van der Waals surface area contributed by atoms with Crippen molar-refractivity contribution in [1.29, 1.82) is 0 Å². The summed E-state index contributed by atoms with van der Waals surface area (Å²) in [6.07, 6.45) is 4.99. The molecule has 0 aliphatic heterocycles. The van der Waals surface area contributed by atoms with Gasteiger partial charge in [-0.3, -0.25) is 9.78 Å². The fourth-order valence-electron chi connectivity index (χ4n) is 0.620. The number of hydrogen-bond acceptors (Lipinski definition) is 2. The highest BCUT2D eigenvalue weighted by Gasteiger charge is 1.95. The van der Waals surface area contributed by atoms with E-state index in [4.69, 9.17) is 0 Å². The van der Waals surface area contributed by atoms with E-state index in [9.17, 15) is 4.79 Å². The first kappa shape index (κ1) is 6.74. The number of rotatable bonds is 2. The zero-order valence-electron chi connectivity index (χ0n) is 5.61. The topological polar surface area (TPSA) is 33.2 Å². The van der Waals surface area contributed by atoms with Gasteiger partial charge < -0.3 is 4.90 Å². The minimum atomic E-state index is 0.796. The van der Waals surface area contributed by atoms with Crippen molar-refractivity contribution >= 4 is 12.1 Å². The summed E-state index contributed by atoms with van der Waals surface area (Å²) < 4.78 is 0. The first-order valence-electron chi connectivity index (χ1n) is 2.86. The van der Waals surface area contributed by atoms with Crippen molar-refractivity contribution in [3.63, 3.8) is 0 Å². The molecule has 1 amide bonds. The van der Waals surface area contributed by atoms with Crippen LogP contribution in [0.1, 0.15) is 0 Å². The summed E-state index contributed by atoms with van der Waals surface area (Å²) in [5, 5.41) is 0. The van der Waals surface area contributed by atoms with E-state index in [2.05, 4.69) is 4.98 Å². The Morgan fingerprint density at radius 2 is 2.10 bits per heavy atom. The van der Waals surface area contributed by atoms with Crippen LogP contribution in [0.4, 0.5) is 5.69 Å². The lowest BCUT2D eigenvalue weighted by Crippen LogP contribution is -2.13. The molecule has 0 unspecified atom stereocenters. The Morgan fingerprint density at radius 1 is 1.50 bits per heavy atom. The maximum absolute atomic E-state index is 10.1. The second kappa shape index (κ2) is 2.96. The van der Waals surface area contributed by atoms with Crippen LogP contribution in [-0.2, 0) is 4.79 Å². The third-order valence-electron chi connectivity index (χ3n) is 1.19. The lowest BCUT2D eigenvalue weighted by atomic mass is 10.4. The molecule has 1 aromatic heterocycles. The highest BCUT2D eigenvalue weighted by molar-refractivity contribution is 5.74. The minimum absolute atomic E-state index is 0.796. The Labute approximate surface area is 59.3 Å². The summed E-state index contributed by atoms with van der Waals surface area (Å²) in [5.41, 5.74) is 0.796. The molecule has 0 N–H and O–H groups in total. The number of pyridine rings is 1. The van der Waals surface area contributed by atoms with Crippen molar-refractivity contribution < 1.29 is 4.79 Å². The maximum Gasteiger partial charge on any atom is 0.316 e. The van der Waals surface area contributed by atoms with Gasteiger partial charge in [-0.05, 0) is 12.1 Å². The van der Waals surface area contributed by atoms with Gasteiger partial charge in [0.2, 0.25) is 0 Å². The quantitative estimate of drug-likeness (QED) is 0.556. The molecule has 1 heterocycles. The summed E-state index contributed by atoms with van der Waals surface area (Å²) in [4.78, 5) is 15.3. The van der Waals surface area contributed by atoms with Gasteiger partial charge in [-0.15, -0.1) is 0 Å². The predicted molar refractivity (Wildman–Crippen MR) is 38.3 cm³/mol. The Morgan fingerprint density at radius 3 is 2.60 bits per heavy atom. The third kappa shape index (κ3) is 1.31. The molecule has 0 spiro atoms. The summed E-state index contributed by atoms with van der Waals surface area (Å²) in [7, 11) is 1.64. The van der Waals surface area contributed by atoms with E-state index >= 15 is 0 Å². The van der Waals surface area contributed by atoms with E-state index < -0.39 is 0 Å². The largest absolute Gasteiger partial charge is 0.316 e. The Balaban J connectivity index is 2.84. The molecule has 0 saturated heterocycles. The van der Waals surface area contributed by atoms with Gasteiger partial charge in [-0.25, -0.2) is 0 Å². The van der Waals surface area contributed by atoms with E-state index in [-0.39, 0.29) is 0 Å². The van der Waals surface area contributed by atoms with Gasteiger partial charge in [0.1, 0.15) is 0 Å². The molecule has 0 saturated carbocycles. The molecule has 51 valence electrons. The lowest BCUT2D eigenvalue weighted by Gasteiger charge is -2.06. The number of carbonyl (C=O) groups excluding carboxylic acids is 1. The first-order valence-corrected chi connectivity index (χ1v) is 2.86. The van der Waals surface area contributed by atoms with Crippen LogP contribution in [0, 0.1) is 0 Å². The highest BCUT2D eigenvalue weighted by Crippen LogP contribution is 2.06. The summed E-state index contributed by atoms with van der Waals surface area (Å²) in [6, 6.07) is 3.48. The fraction of sp³-hybridized carbons (Fsp3) is 0.143. The lowest BCUT2D eigenvalue weighted by molar-refractivity contribution is 0.554. The van der Waals surface area contributed by atoms with Gasteiger partial charge >= 0.3 is 6.41 Å². The van der Waals surface area contributed by atoms with Crippen molar-refractivity contribution in [3.8, 4) is 0 Å². The monoisotopic (exact) mass is 135 g/mol. The molecular weight excluding hydrogens is 128 g/mol. The number of aromatic nitrogens is 1. The fourth-order valence-corrected chi connectivity index (χ4v) is 0.620. The molecule has 0 bridgehead atoms. The molecule has 3 nitrogen and oxygen atoms in total. The average Bonchev–Trinajstić information content (AvgIpc) is 2.05. The van der Waals surface area contributed by atoms with E-state index in [0.29, 0.717) is 0 Å². The van der Waals surface area contributed by atoms with Crippen LogP contribution in [0.15, 0.2) is 24.5 Å². The van der Waals surface area contributed by atoms with Crippen molar-refractivity contribution in [2.24, 2.45) is 0 Å². The standard InChI is InChI=1S/C7H7N2O/c1-9(6-10)7-2-4-8-5-3-7/h2-5H,1H3. The Bertz CT molecular complexity index is 210. The third-order valence-corrected chi connectivity index (χ3v) is 1.19. The van der Waals surface area contributed by atoms with Crippen LogP contribution in [0.2, 0.25) is 0 Å². The average molecular weight is 135 g/mol. The molecule has 10 heavy (non-hydrogen) atoms. The number of nitrogens with zero attached hydrogens (tertiary/aromatic N) is 2. The predicted octanol–water partition coefficient (Wildman–Crippen LogP) is 0.585. The van der Waals surface area contributed by atoms with E-state index in [0.717, 1.165) is 5.69 Å². The van der Waals surface area contributed by atoms with Crippen molar-refractivity contribution in [2.75, 3.05) is 11.9 Å². The molecule has 1 rings (SSSR count). The molecule has 1 radical (unpaired) electrons. The zero-order valence-corrected chi connectivity index (χ0v) is 5.61. The molecular formula is C7H7N2O. The van der Waals surface area contributed by atoms with Crippen LogP contribution in [0.5, 0.6) is 0 Å². The number of hydrogen-bond donors (Lipinski definition) is 0. The summed E-state index contributed by atoms with van der Waals surface area (Å²) in [6.45, 7) is 0. The van der Waals surface area contributed by atoms with Crippen molar-refractivity contribution in [2.45, 2.75) is 0 Å².